The standard InChI is InChI=1S/C20H26N2O2/c1-14-11-22(12-15(2)24-14)13-20(23)21-16(3)18-10-6-8-17-7-4-5-9-19(17)18/h4-10,14-16H,11-13H2,1-3H3,(H,21,23)/t14-,15-,16-/m1/s1. The van der Waals surface area contributed by atoms with Gasteiger partial charge < -0.3 is 10.1 Å². The number of hydrogen-bond donors (Lipinski definition) is 1. The first-order valence-corrected chi connectivity index (χ1v) is 8.68. The van der Waals surface area contributed by atoms with Gasteiger partial charge in [0, 0.05) is 13.1 Å². The highest BCUT2D eigenvalue weighted by molar-refractivity contribution is 5.87. The molecule has 1 fully saturated rings. The second-order valence-electron chi connectivity index (χ2n) is 6.81. The Morgan fingerprint density at radius 2 is 1.83 bits per heavy atom. The minimum atomic E-state index is -0.0144. The molecule has 4 heteroatoms. The Hall–Kier alpha value is -1.91. The number of carbonyl (C=O) groups excluding carboxylic acids is 1. The molecule has 24 heavy (non-hydrogen) atoms. The molecule has 0 radical (unpaired) electrons. The molecular formula is C20H26N2O2. The number of nitrogens with one attached hydrogen (secondary N) is 1. The van der Waals surface area contributed by atoms with Gasteiger partial charge in [-0.15, -0.1) is 0 Å². The van der Waals surface area contributed by atoms with Gasteiger partial charge in [-0.2, -0.15) is 0 Å². The molecule has 0 spiro atoms. The van der Waals surface area contributed by atoms with Gasteiger partial charge in [-0.3, -0.25) is 9.69 Å². The molecule has 0 aliphatic carbocycles. The van der Waals surface area contributed by atoms with Crippen LogP contribution >= 0.6 is 0 Å². The SMILES string of the molecule is C[C@@H]1CN(CC(=O)N[C@H](C)c2cccc3ccccc23)C[C@@H](C)O1. The van der Waals surface area contributed by atoms with Crippen molar-refractivity contribution in [2.24, 2.45) is 0 Å². The van der Waals surface area contributed by atoms with Crippen molar-refractivity contribution in [1.29, 1.82) is 0 Å². The number of benzene rings is 2. The molecule has 3 rings (SSSR count). The molecule has 1 saturated heterocycles. The molecule has 0 aromatic heterocycles. The van der Waals surface area contributed by atoms with Crippen LogP contribution in [-0.2, 0) is 9.53 Å². The molecule has 1 aliphatic rings. The molecule has 0 saturated carbocycles. The Kier molecular flexibility index (Phi) is 5.17. The lowest BCUT2D eigenvalue weighted by Crippen LogP contribution is -2.49. The van der Waals surface area contributed by atoms with E-state index in [0.717, 1.165) is 18.7 Å². The summed E-state index contributed by atoms with van der Waals surface area (Å²) in [5.41, 5.74) is 1.16. The molecule has 3 atom stereocenters. The van der Waals surface area contributed by atoms with Crippen molar-refractivity contribution in [3.05, 3.63) is 48.0 Å². The Morgan fingerprint density at radius 1 is 1.17 bits per heavy atom. The molecule has 0 bridgehead atoms. The summed E-state index contributed by atoms with van der Waals surface area (Å²) in [7, 11) is 0. The smallest absolute Gasteiger partial charge is 0.234 e. The fourth-order valence-corrected chi connectivity index (χ4v) is 3.61. The van der Waals surface area contributed by atoms with E-state index in [9.17, 15) is 4.79 Å². The van der Waals surface area contributed by atoms with Gasteiger partial charge in [0.15, 0.2) is 0 Å². The van der Waals surface area contributed by atoms with Crippen LogP contribution in [0.4, 0.5) is 0 Å². The van der Waals surface area contributed by atoms with E-state index in [1.807, 2.05) is 25.1 Å². The Labute approximate surface area is 143 Å². The predicted molar refractivity (Wildman–Crippen MR) is 97.0 cm³/mol. The summed E-state index contributed by atoms with van der Waals surface area (Å²) in [6.07, 6.45) is 0.356. The molecule has 1 amide bonds. The normalized spacial score (nSPS) is 23.1. The summed E-state index contributed by atoms with van der Waals surface area (Å²) >= 11 is 0. The van der Waals surface area contributed by atoms with Crippen molar-refractivity contribution in [2.75, 3.05) is 19.6 Å². The lowest BCUT2D eigenvalue weighted by Gasteiger charge is -2.35. The maximum absolute atomic E-state index is 12.5. The zero-order valence-corrected chi connectivity index (χ0v) is 14.7. The average molecular weight is 326 g/mol. The molecule has 2 aromatic carbocycles. The van der Waals surface area contributed by atoms with Crippen LogP contribution in [0, 0.1) is 0 Å². The molecule has 2 aromatic rings. The van der Waals surface area contributed by atoms with E-state index in [2.05, 4.69) is 48.3 Å². The molecule has 4 nitrogen and oxygen atoms in total. The third-order valence-corrected chi connectivity index (χ3v) is 4.53. The first-order chi connectivity index (χ1) is 11.5. The molecule has 1 heterocycles. The first kappa shape index (κ1) is 16.9. The third kappa shape index (κ3) is 3.94. The van der Waals surface area contributed by atoms with Crippen molar-refractivity contribution < 1.29 is 9.53 Å². The van der Waals surface area contributed by atoms with Gasteiger partial charge in [0.1, 0.15) is 0 Å². The van der Waals surface area contributed by atoms with Crippen LogP contribution in [0.3, 0.4) is 0 Å². The maximum Gasteiger partial charge on any atom is 0.234 e. The van der Waals surface area contributed by atoms with Crippen molar-refractivity contribution in [3.63, 3.8) is 0 Å². The minimum absolute atomic E-state index is 0.0144. The van der Waals surface area contributed by atoms with Crippen LogP contribution in [0.25, 0.3) is 10.8 Å². The van der Waals surface area contributed by atoms with E-state index in [-0.39, 0.29) is 24.2 Å². The van der Waals surface area contributed by atoms with Gasteiger partial charge in [0.05, 0.1) is 24.8 Å². The van der Waals surface area contributed by atoms with Crippen LogP contribution in [0.2, 0.25) is 0 Å². The molecule has 1 N–H and O–H groups in total. The summed E-state index contributed by atoms with van der Waals surface area (Å²) in [6, 6.07) is 14.5. The van der Waals surface area contributed by atoms with Gasteiger partial charge in [0.25, 0.3) is 0 Å². The summed E-state index contributed by atoms with van der Waals surface area (Å²) in [5.74, 6) is 0.0664. The van der Waals surface area contributed by atoms with Crippen LogP contribution in [-0.4, -0.2) is 42.6 Å². The molecular weight excluding hydrogens is 300 g/mol. The first-order valence-electron chi connectivity index (χ1n) is 8.68. The fraction of sp³-hybridized carbons (Fsp3) is 0.450. The summed E-state index contributed by atoms with van der Waals surface area (Å²) < 4.78 is 5.72. The number of morpholine rings is 1. The van der Waals surface area contributed by atoms with Gasteiger partial charge in [-0.25, -0.2) is 0 Å². The average Bonchev–Trinajstić information content (AvgIpc) is 2.53. The highest BCUT2D eigenvalue weighted by Gasteiger charge is 2.24. The second kappa shape index (κ2) is 7.32. The summed E-state index contributed by atoms with van der Waals surface area (Å²) in [4.78, 5) is 14.6. The zero-order valence-electron chi connectivity index (χ0n) is 14.7. The van der Waals surface area contributed by atoms with Gasteiger partial charge >= 0.3 is 0 Å². The van der Waals surface area contributed by atoms with Gasteiger partial charge in [-0.1, -0.05) is 42.5 Å². The number of hydrogen-bond acceptors (Lipinski definition) is 3. The number of fused-ring (bicyclic) bond motifs is 1. The molecule has 1 aliphatic heterocycles. The lowest BCUT2D eigenvalue weighted by molar-refractivity contribution is -0.126. The topological polar surface area (TPSA) is 41.6 Å². The van der Waals surface area contributed by atoms with Gasteiger partial charge in [0.2, 0.25) is 5.91 Å². The zero-order chi connectivity index (χ0) is 17.1. The highest BCUT2D eigenvalue weighted by Crippen LogP contribution is 2.24. The Bertz CT molecular complexity index is 700. The van der Waals surface area contributed by atoms with Crippen LogP contribution in [0.15, 0.2) is 42.5 Å². The van der Waals surface area contributed by atoms with E-state index >= 15 is 0 Å². The van der Waals surface area contributed by atoms with E-state index in [0.29, 0.717) is 6.54 Å². The quantitative estimate of drug-likeness (QED) is 0.938. The second-order valence-corrected chi connectivity index (χ2v) is 6.81. The Morgan fingerprint density at radius 3 is 2.58 bits per heavy atom. The van der Waals surface area contributed by atoms with Crippen molar-refractivity contribution >= 4 is 16.7 Å². The van der Waals surface area contributed by atoms with Crippen molar-refractivity contribution in [2.45, 2.75) is 39.0 Å². The van der Waals surface area contributed by atoms with E-state index in [1.54, 1.807) is 0 Å². The number of ether oxygens (including phenoxy) is 1. The van der Waals surface area contributed by atoms with E-state index in [1.165, 1.54) is 10.8 Å². The maximum atomic E-state index is 12.5. The minimum Gasteiger partial charge on any atom is -0.373 e. The van der Waals surface area contributed by atoms with Crippen LogP contribution in [0.1, 0.15) is 32.4 Å². The van der Waals surface area contributed by atoms with E-state index < -0.39 is 0 Å². The van der Waals surface area contributed by atoms with Crippen LogP contribution < -0.4 is 5.32 Å². The predicted octanol–water partition coefficient (Wildman–Crippen LogP) is 3.13. The van der Waals surface area contributed by atoms with Gasteiger partial charge in [-0.05, 0) is 37.1 Å². The number of nitrogens with zero attached hydrogens (tertiary/aromatic N) is 1. The third-order valence-electron chi connectivity index (χ3n) is 4.53. The number of amides is 1. The molecule has 128 valence electrons. The van der Waals surface area contributed by atoms with E-state index in [4.69, 9.17) is 4.74 Å². The Balaban J connectivity index is 1.65. The largest absolute Gasteiger partial charge is 0.373 e. The number of rotatable bonds is 4. The highest BCUT2D eigenvalue weighted by atomic mass is 16.5. The monoisotopic (exact) mass is 326 g/mol. The summed E-state index contributed by atoms with van der Waals surface area (Å²) in [5, 5.41) is 5.54. The summed E-state index contributed by atoms with van der Waals surface area (Å²) in [6.45, 7) is 8.19. The fourth-order valence-electron chi connectivity index (χ4n) is 3.61. The molecule has 0 unspecified atom stereocenters. The number of carbonyl (C=O) groups is 1. The van der Waals surface area contributed by atoms with Crippen molar-refractivity contribution in [1.82, 2.24) is 10.2 Å². The van der Waals surface area contributed by atoms with Crippen LogP contribution in [0.5, 0.6) is 0 Å². The lowest BCUT2D eigenvalue weighted by atomic mass is 10.00. The van der Waals surface area contributed by atoms with Crippen molar-refractivity contribution in [3.8, 4) is 0 Å².